The van der Waals surface area contributed by atoms with E-state index in [1.807, 2.05) is 26.1 Å². The number of nitrogens with one attached hydrogen (secondary N) is 2. The van der Waals surface area contributed by atoms with Crippen LogP contribution < -0.4 is 15.4 Å². The lowest BCUT2D eigenvalue weighted by Gasteiger charge is -2.37. The second-order valence-corrected chi connectivity index (χ2v) is 14.4. The van der Waals surface area contributed by atoms with Gasteiger partial charge in [0, 0.05) is 34.5 Å². The van der Waals surface area contributed by atoms with Gasteiger partial charge in [0.2, 0.25) is 6.79 Å². The summed E-state index contributed by atoms with van der Waals surface area (Å²) in [5.74, 6) is -5.49. The van der Waals surface area contributed by atoms with Gasteiger partial charge >= 0.3 is 18.0 Å². The average molecular weight is 761 g/mol. The van der Waals surface area contributed by atoms with Crippen LogP contribution in [0.25, 0.3) is 0 Å². The predicted octanol–water partition coefficient (Wildman–Crippen LogP) is 6.73. The number of aliphatic carboxylic acids is 1. The molecule has 4 rings (SSSR count). The lowest BCUT2D eigenvalue weighted by Crippen LogP contribution is -2.44. The number of ketones is 1. The molecule has 0 spiro atoms. The van der Waals surface area contributed by atoms with Crippen LogP contribution in [-0.4, -0.2) is 60.9 Å². The van der Waals surface area contributed by atoms with Gasteiger partial charge in [-0.05, 0) is 54.7 Å². The third kappa shape index (κ3) is 8.63. The van der Waals surface area contributed by atoms with Crippen molar-refractivity contribution in [2.75, 3.05) is 13.9 Å². The number of carboxylic acid groups (broad SMARTS) is 1. The molecule has 3 aromatic carbocycles. The maximum atomic E-state index is 16.0. The molecule has 5 atom stereocenters. The number of nitrogens with zero attached hydrogens (tertiary/aromatic N) is 1. The standard InChI is InChI=1S/C37H37Cl2F2N3O8/c1-19(33(46)47)43-35(49)52-18-51-34(48)21-10-9-20(28(14-21)50-5)13-27(45)32-30(23-7-6-8-25(39)31(23)41)37(17-42,29(44-32)16-36(2,3)4)24-12-11-22(38)15-26(24)40/h6-12,14-15,19,29-30,32,44H,13,16,18H2,1-5H3,(H,43,49)(H,46,47)/t19-,29?,30?,32-,37-/m0/s1. The number of esters is 1. The Morgan fingerprint density at radius 3 is 2.40 bits per heavy atom. The lowest BCUT2D eigenvalue weighted by molar-refractivity contribution is -0.139. The maximum Gasteiger partial charge on any atom is 0.410 e. The number of methoxy groups -OCH3 is 1. The molecule has 1 aliphatic rings. The highest BCUT2D eigenvalue weighted by Crippen LogP contribution is 2.53. The number of nitriles is 1. The summed E-state index contributed by atoms with van der Waals surface area (Å²) in [4.78, 5) is 49.7. The molecule has 1 aliphatic heterocycles. The SMILES string of the molecule is COc1cc(C(=O)OCOC(=O)N[C@@H](C)C(=O)O)ccc1CC(=O)[C@@H]1NC(CC(C)(C)C)[C@](C#N)(c2ccc(Cl)cc2F)C1c1cccc(Cl)c1F. The highest BCUT2D eigenvalue weighted by molar-refractivity contribution is 6.31. The van der Waals surface area contributed by atoms with E-state index in [4.69, 9.17) is 37.8 Å². The largest absolute Gasteiger partial charge is 0.496 e. The number of amides is 1. The lowest BCUT2D eigenvalue weighted by atomic mass is 9.62. The van der Waals surface area contributed by atoms with Gasteiger partial charge in [-0.1, -0.05) is 68.2 Å². The Hall–Kier alpha value is -4.77. The van der Waals surface area contributed by atoms with E-state index in [9.17, 15) is 24.4 Å². The van der Waals surface area contributed by atoms with Crippen LogP contribution in [-0.2, 0) is 30.9 Å². The Balaban J connectivity index is 1.70. The number of carboxylic acids is 1. The molecule has 1 fully saturated rings. The molecule has 3 aromatic rings. The van der Waals surface area contributed by atoms with E-state index in [0.717, 1.165) is 6.07 Å². The van der Waals surface area contributed by atoms with Crippen molar-refractivity contribution in [2.24, 2.45) is 5.41 Å². The molecule has 52 heavy (non-hydrogen) atoms. The van der Waals surface area contributed by atoms with Crippen molar-refractivity contribution in [3.63, 3.8) is 0 Å². The highest BCUT2D eigenvalue weighted by Gasteiger charge is 2.61. The van der Waals surface area contributed by atoms with Crippen molar-refractivity contribution in [1.29, 1.82) is 5.26 Å². The van der Waals surface area contributed by atoms with Crippen LogP contribution in [0.1, 0.15) is 67.1 Å². The van der Waals surface area contributed by atoms with E-state index >= 15 is 8.78 Å². The van der Waals surface area contributed by atoms with E-state index in [0.29, 0.717) is 5.56 Å². The molecule has 276 valence electrons. The minimum atomic E-state index is -1.81. The molecule has 1 amide bonds. The highest BCUT2D eigenvalue weighted by atomic mass is 35.5. The molecule has 3 N–H and O–H groups in total. The zero-order valence-electron chi connectivity index (χ0n) is 28.9. The zero-order chi connectivity index (χ0) is 38.5. The van der Waals surface area contributed by atoms with Gasteiger partial charge in [0.1, 0.15) is 28.8 Å². The molecule has 2 unspecified atom stereocenters. The fourth-order valence-corrected chi connectivity index (χ4v) is 6.76. The van der Waals surface area contributed by atoms with Gasteiger partial charge in [0.25, 0.3) is 0 Å². The quantitative estimate of drug-likeness (QED) is 0.133. The summed E-state index contributed by atoms with van der Waals surface area (Å²) in [5, 5.41) is 25.1. The van der Waals surface area contributed by atoms with Gasteiger partial charge in [0.05, 0.1) is 29.8 Å². The smallest absolute Gasteiger partial charge is 0.410 e. The molecule has 11 nitrogen and oxygen atoms in total. The molecular formula is C37H37Cl2F2N3O8. The summed E-state index contributed by atoms with van der Waals surface area (Å²) >= 11 is 12.3. The number of hydrogen-bond donors (Lipinski definition) is 3. The molecule has 1 saturated heterocycles. The summed E-state index contributed by atoms with van der Waals surface area (Å²) in [5.41, 5.74) is -2.05. The van der Waals surface area contributed by atoms with Gasteiger partial charge in [-0.3, -0.25) is 9.59 Å². The fraction of sp³-hybridized carbons (Fsp3) is 0.378. The van der Waals surface area contributed by atoms with E-state index in [2.05, 4.69) is 16.1 Å². The Morgan fingerprint density at radius 2 is 1.79 bits per heavy atom. The topological polar surface area (TPSA) is 164 Å². The summed E-state index contributed by atoms with van der Waals surface area (Å²) in [6.45, 7) is 6.18. The Labute approximate surface area is 309 Å². The first-order valence-electron chi connectivity index (χ1n) is 16.0. The number of carbonyl (C=O) groups is 4. The van der Waals surface area contributed by atoms with Crippen molar-refractivity contribution in [1.82, 2.24) is 10.6 Å². The van der Waals surface area contributed by atoms with E-state index in [1.165, 1.54) is 62.6 Å². The van der Waals surface area contributed by atoms with Gasteiger partial charge in [-0.2, -0.15) is 5.26 Å². The van der Waals surface area contributed by atoms with Crippen LogP contribution in [0.3, 0.4) is 0 Å². The van der Waals surface area contributed by atoms with Crippen molar-refractivity contribution in [3.05, 3.63) is 98.5 Å². The first kappa shape index (κ1) is 40.0. The summed E-state index contributed by atoms with van der Waals surface area (Å²) in [6, 6.07) is 11.2. The minimum absolute atomic E-state index is 0.0271. The Morgan fingerprint density at radius 1 is 1.08 bits per heavy atom. The van der Waals surface area contributed by atoms with Crippen molar-refractivity contribution >= 4 is 47.0 Å². The van der Waals surface area contributed by atoms with E-state index in [-0.39, 0.29) is 45.3 Å². The number of halogens is 4. The van der Waals surface area contributed by atoms with Crippen molar-refractivity contribution in [3.8, 4) is 11.8 Å². The third-order valence-electron chi connectivity index (χ3n) is 8.77. The number of ether oxygens (including phenoxy) is 3. The van der Waals surface area contributed by atoms with Gasteiger partial charge < -0.3 is 30.0 Å². The van der Waals surface area contributed by atoms with E-state index in [1.54, 1.807) is 0 Å². The molecule has 0 aromatic heterocycles. The number of hydrogen-bond acceptors (Lipinski definition) is 9. The molecule has 15 heteroatoms. The first-order valence-corrected chi connectivity index (χ1v) is 16.8. The molecule has 0 radical (unpaired) electrons. The van der Waals surface area contributed by atoms with Gasteiger partial charge in [-0.25, -0.2) is 18.4 Å². The van der Waals surface area contributed by atoms with Crippen LogP contribution >= 0.6 is 23.2 Å². The second kappa shape index (κ2) is 16.3. The Bertz CT molecular complexity index is 1910. The number of rotatable bonds is 12. The number of benzene rings is 3. The molecule has 0 bridgehead atoms. The monoisotopic (exact) mass is 759 g/mol. The number of alkyl carbamates (subject to hydrolysis) is 1. The molecule has 0 saturated carbocycles. The number of Topliss-reactive ketones (excluding diaryl/α,β-unsaturated/α-hetero) is 1. The molecular weight excluding hydrogens is 723 g/mol. The van der Waals surface area contributed by atoms with Crippen LogP contribution in [0.2, 0.25) is 10.0 Å². The second-order valence-electron chi connectivity index (χ2n) is 13.5. The van der Waals surface area contributed by atoms with Crippen molar-refractivity contribution in [2.45, 2.75) is 70.0 Å². The summed E-state index contributed by atoms with van der Waals surface area (Å²) in [6.07, 6.45) is -1.14. The van der Waals surface area contributed by atoms with Crippen LogP contribution in [0.4, 0.5) is 13.6 Å². The van der Waals surface area contributed by atoms with Gasteiger partial charge in [-0.15, -0.1) is 0 Å². The van der Waals surface area contributed by atoms with Crippen LogP contribution in [0.5, 0.6) is 5.75 Å². The molecule has 1 heterocycles. The average Bonchev–Trinajstić information content (AvgIpc) is 3.38. The minimum Gasteiger partial charge on any atom is -0.496 e. The van der Waals surface area contributed by atoms with Crippen LogP contribution in [0.15, 0.2) is 54.6 Å². The maximum absolute atomic E-state index is 16.0. The zero-order valence-corrected chi connectivity index (χ0v) is 30.4. The van der Waals surface area contributed by atoms with E-state index < -0.39 is 77.1 Å². The first-order chi connectivity index (χ1) is 24.4. The summed E-state index contributed by atoms with van der Waals surface area (Å²) in [7, 11) is 1.32. The van der Waals surface area contributed by atoms with Gasteiger partial charge in [0.15, 0.2) is 5.78 Å². The third-order valence-corrected chi connectivity index (χ3v) is 9.30. The Kier molecular flexibility index (Phi) is 12.5. The van der Waals surface area contributed by atoms with Crippen LogP contribution in [0, 0.1) is 28.4 Å². The predicted molar refractivity (Wildman–Crippen MR) is 186 cm³/mol. The normalized spacial score (nSPS) is 20.3. The summed E-state index contributed by atoms with van der Waals surface area (Å²) < 4.78 is 47.0. The number of carbonyl (C=O) groups excluding carboxylic acids is 3. The molecule has 0 aliphatic carbocycles. The van der Waals surface area contributed by atoms with Crippen molar-refractivity contribution < 1.29 is 47.3 Å². The fourth-order valence-electron chi connectivity index (χ4n) is 6.42.